The molecule has 0 atom stereocenters. The molecule has 1 rings (SSSR count). The molecule has 0 bridgehead atoms. The van der Waals surface area contributed by atoms with Gasteiger partial charge in [-0.05, 0) is 18.6 Å². The van der Waals surface area contributed by atoms with Crippen LogP contribution in [0.2, 0.25) is 0 Å². The summed E-state index contributed by atoms with van der Waals surface area (Å²) in [7, 11) is 0. The highest BCUT2D eigenvalue weighted by molar-refractivity contribution is 6.02. The van der Waals surface area contributed by atoms with E-state index in [9.17, 15) is 39.9 Å². The lowest BCUT2D eigenvalue weighted by Gasteiger charge is -2.27. The number of halogens is 8. The van der Waals surface area contributed by atoms with Gasteiger partial charge in [0.25, 0.3) is 0 Å². The number of alkyl halides is 7. The molecular formula is C11H6F8O. The number of ketones is 1. The van der Waals surface area contributed by atoms with Crippen molar-refractivity contribution in [1.29, 1.82) is 0 Å². The molecule has 0 saturated carbocycles. The Morgan fingerprint density at radius 2 is 1.50 bits per heavy atom. The summed E-state index contributed by atoms with van der Waals surface area (Å²) in [6.45, 7) is 1.19. The molecule has 0 fully saturated rings. The SMILES string of the molecule is Cc1ccc(C(=O)C(F)(F)C(F)(F)C(F)(F)F)cc1F. The van der Waals surface area contributed by atoms with E-state index in [1.807, 2.05) is 0 Å². The summed E-state index contributed by atoms with van der Waals surface area (Å²) in [5.41, 5.74) is -1.37. The van der Waals surface area contributed by atoms with Crippen LogP contribution in [0.25, 0.3) is 0 Å². The minimum Gasteiger partial charge on any atom is -0.287 e. The molecule has 112 valence electrons. The predicted molar refractivity (Wildman–Crippen MR) is 51.4 cm³/mol. The maximum absolute atomic E-state index is 13.1. The fourth-order valence-electron chi connectivity index (χ4n) is 1.24. The Balaban J connectivity index is 3.28. The number of aryl methyl sites for hydroxylation is 1. The van der Waals surface area contributed by atoms with E-state index in [-0.39, 0.29) is 11.6 Å². The van der Waals surface area contributed by atoms with E-state index >= 15 is 0 Å². The lowest BCUT2D eigenvalue weighted by molar-refractivity contribution is -0.339. The highest BCUT2D eigenvalue weighted by Gasteiger charge is 2.76. The van der Waals surface area contributed by atoms with Crippen LogP contribution in [0.1, 0.15) is 15.9 Å². The van der Waals surface area contributed by atoms with Crippen LogP contribution in [0.4, 0.5) is 35.1 Å². The first-order valence-electron chi connectivity index (χ1n) is 4.95. The van der Waals surface area contributed by atoms with Crippen molar-refractivity contribution in [3.63, 3.8) is 0 Å². The zero-order chi connectivity index (χ0) is 15.9. The van der Waals surface area contributed by atoms with Crippen molar-refractivity contribution in [2.24, 2.45) is 0 Å². The van der Waals surface area contributed by atoms with E-state index in [1.54, 1.807) is 0 Å². The van der Waals surface area contributed by atoms with Crippen LogP contribution in [0, 0.1) is 12.7 Å². The first-order chi connectivity index (χ1) is 8.82. The van der Waals surface area contributed by atoms with Gasteiger partial charge in [0, 0.05) is 5.56 Å². The van der Waals surface area contributed by atoms with Crippen molar-refractivity contribution in [3.05, 3.63) is 35.1 Å². The average Bonchev–Trinajstić information content (AvgIpc) is 2.30. The summed E-state index contributed by atoms with van der Waals surface area (Å²) in [4.78, 5) is 11.1. The molecule has 0 radical (unpaired) electrons. The van der Waals surface area contributed by atoms with Crippen molar-refractivity contribution in [2.45, 2.75) is 24.9 Å². The average molecular weight is 306 g/mol. The summed E-state index contributed by atoms with van der Waals surface area (Å²) in [5, 5.41) is 0. The molecule has 0 amide bonds. The number of benzene rings is 1. The summed E-state index contributed by atoms with van der Waals surface area (Å²) >= 11 is 0. The van der Waals surface area contributed by atoms with E-state index in [0.717, 1.165) is 6.07 Å². The predicted octanol–water partition coefficient (Wildman–Crippen LogP) is 4.15. The first-order valence-corrected chi connectivity index (χ1v) is 4.95. The number of hydrogen-bond acceptors (Lipinski definition) is 1. The number of carbonyl (C=O) groups excluding carboxylic acids is 1. The van der Waals surface area contributed by atoms with Crippen LogP contribution in [-0.4, -0.2) is 23.8 Å². The highest BCUT2D eigenvalue weighted by Crippen LogP contribution is 2.47. The fourth-order valence-corrected chi connectivity index (χ4v) is 1.24. The Kier molecular flexibility index (Phi) is 3.86. The van der Waals surface area contributed by atoms with Crippen LogP contribution in [0.15, 0.2) is 18.2 Å². The second-order valence-corrected chi connectivity index (χ2v) is 3.94. The molecule has 0 N–H and O–H groups in total. The quantitative estimate of drug-likeness (QED) is 0.605. The van der Waals surface area contributed by atoms with Crippen LogP contribution in [0.5, 0.6) is 0 Å². The van der Waals surface area contributed by atoms with E-state index in [0.29, 0.717) is 6.07 Å². The van der Waals surface area contributed by atoms with Gasteiger partial charge < -0.3 is 0 Å². The Hall–Kier alpha value is -1.67. The summed E-state index contributed by atoms with van der Waals surface area (Å²) < 4.78 is 100. The summed E-state index contributed by atoms with van der Waals surface area (Å²) in [6, 6.07) is 1.53. The lowest BCUT2D eigenvalue weighted by atomic mass is 9.99. The molecular weight excluding hydrogens is 300 g/mol. The highest BCUT2D eigenvalue weighted by atomic mass is 19.4. The largest absolute Gasteiger partial charge is 0.460 e. The topological polar surface area (TPSA) is 17.1 Å². The second kappa shape index (κ2) is 4.71. The molecule has 1 aromatic carbocycles. The fraction of sp³-hybridized carbons (Fsp3) is 0.364. The molecule has 1 aromatic rings. The van der Waals surface area contributed by atoms with Crippen molar-refractivity contribution in [1.82, 2.24) is 0 Å². The third-order valence-electron chi connectivity index (χ3n) is 2.47. The Labute approximate surface area is 107 Å². The van der Waals surface area contributed by atoms with Gasteiger partial charge in [-0.1, -0.05) is 12.1 Å². The van der Waals surface area contributed by atoms with E-state index in [1.165, 1.54) is 6.92 Å². The number of carbonyl (C=O) groups is 1. The third-order valence-corrected chi connectivity index (χ3v) is 2.47. The number of hydrogen-bond donors (Lipinski definition) is 0. The molecule has 0 spiro atoms. The van der Waals surface area contributed by atoms with E-state index in [4.69, 9.17) is 0 Å². The molecule has 0 aliphatic rings. The zero-order valence-corrected chi connectivity index (χ0v) is 9.66. The molecule has 1 nitrogen and oxygen atoms in total. The second-order valence-electron chi connectivity index (χ2n) is 3.94. The monoisotopic (exact) mass is 306 g/mol. The molecule has 20 heavy (non-hydrogen) atoms. The van der Waals surface area contributed by atoms with Crippen molar-refractivity contribution in [3.8, 4) is 0 Å². The normalized spacial score (nSPS) is 13.4. The van der Waals surface area contributed by atoms with Gasteiger partial charge in [0.05, 0.1) is 0 Å². The molecule has 0 aliphatic carbocycles. The molecule has 0 heterocycles. The van der Waals surface area contributed by atoms with Gasteiger partial charge in [-0.15, -0.1) is 0 Å². The summed E-state index contributed by atoms with van der Waals surface area (Å²) in [6.07, 6.45) is -6.62. The minimum atomic E-state index is -6.62. The molecule has 0 aromatic heterocycles. The number of Topliss-reactive ketones (excluding diaryl/α,β-unsaturated/α-hetero) is 1. The van der Waals surface area contributed by atoms with Gasteiger partial charge in [0.15, 0.2) is 0 Å². The summed E-state index contributed by atoms with van der Waals surface area (Å²) in [5.74, 6) is -16.6. The van der Waals surface area contributed by atoms with Gasteiger partial charge in [-0.3, -0.25) is 4.79 Å². The maximum Gasteiger partial charge on any atom is 0.460 e. The van der Waals surface area contributed by atoms with E-state index in [2.05, 4.69) is 0 Å². The zero-order valence-electron chi connectivity index (χ0n) is 9.66. The maximum atomic E-state index is 13.1. The van der Waals surface area contributed by atoms with Gasteiger partial charge in [-0.25, -0.2) is 4.39 Å². The van der Waals surface area contributed by atoms with Crippen molar-refractivity contribution in [2.75, 3.05) is 0 Å². The third kappa shape index (κ3) is 2.48. The Morgan fingerprint density at radius 1 is 1.00 bits per heavy atom. The van der Waals surface area contributed by atoms with Gasteiger partial charge in [0.2, 0.25) is 5.78 Å². The van der Waals surface area contributed by atoms with Crippen LogP contribution < -0.4 is 0 Å². The van der Waals surface area contributed by atoms with Crippen molar-refractivity contribution < 1.29 is 39.9 Å². The Bertz CT molecular complexity index is 532. The number of rotatable bonds is 3. The van der Waals surface area contributed by atoms with Gasteiger partial charge in [0.1, 0.15) is 5.82 Å². The Morgan fingerprint density at radius 3 is 1.90 bits per heavy atom. The van der Waals surface area contributed by atoms with Crippen molar-refractivity contribution >= 4 is 5.78 Å². The molecule has 9 heteroatoms. The molecule has 0 unspecified atom stereocenters. The van der Waals surface area contributed by atoms with Gasteiger partial charge in [-0.2, -0.15) is 30.7 Å². The van der Waals surface area contributed by atoms with Gasteiger partial charge >= 0.3 is 18.0 Å². The van der Waals surface area contributed by atoms with Crippen LogP contribution in [0.3, 0.4) is 0 Å². The molecule has 0 aliphatic heterocycles. The minimum absolute atomic E-state index is 0.0903. The van der Waals surface area contributed by atoms with E-state index < -0.39 is 35.2 Å². The lowest BCUT2D eigenvalue weighted by Crippen LogP contribution is -2.56. The smallest absolute Gasteiger partial charge is 0.287 e. The van der Waals surface area contributed by atoms with Crippen LogP contribution >= 0.6 is 0 Å². The van der Waals surface area contributed by atoms with Crippen LogP contribution in [-0.2, 0) is 0 Å². The standard InChI is InChI=1S/C11H6F8O/c1-5-2-3-6(4-7(5)12)8(20)9(13,14)10(15,16)11(17,18)19/h2-4H,1H3. The first kappa shape index (κ1) is 16.4. The molecule has 0 saturated heterocycles.